The number of allylic oxidation sites excluding steroid dienone is 4. The van der Waals surface area contributed by atoms with Crippen molar-refractivity contribution >= 4 is 23.6 Å². The molecule has 0 unspecified atom stereocenters. The van der Waals surface area contributed by atoms with Gasteiger partial charge in [0.05, 0.1) is 6.10 Å². The number of rotatable bonds is 8. The van der Waals surface area contributed by atoms with E-state index in [4.69, 9.17) is 9.47 Å². The van der Waals surface area contributed by atoms with Crippen molar-refractivity contribution in [1.82, 2.24) is 5.32 Å². The van der Waals surface area contributed by atoms with Crippen LogP contribution in [0.15, 0.2) is 23.8 Å². The van der Waals surface area contributed by atoms with Gasteiger partial charge in [0.25, 0.3) is 0 Å². The summed E-state index contributed by atoms with van der Waals surface area (Å²) in [5.74, 6) is -1.02. The molecule has 3 fully saturated rings. The number of aliphatic hydroxyl groups is 2. The van der Waals surface area contributed by atoms with Gasteiger partial charge in [-0.05, 0) is 89.7 Å². The number of nitrogens with one attached hydrogen (secondary N) is 1. The van der Waals surface area contributed by atoms with E-state index in [-0.39, 0.29) is 42.8 Å². The maximum Gasteiger partial charge on any atom is 0.407 e. The van der Waals surface area contributed by atoms with E-state index in [1.54, 1.807) is 32.9 Å². The van der Waals surface area contributed by atoms with Crippen molar-refractivity contribution in [3.05, 3.63) is 23.8 Å². The maximum atomic E-state index is 13.4. The van der Waals surface area contributed by atoms with Crippen LogP contribution < -0.4 is 5.32 Å². The van der Waals surface area contributed by atoms with Crippen LogP contribution in [0.1, 0.15) is 86.0 Å². The second-order valence-electron chi connectivity index (χ2n) is 13.6. The van der Waals surface area contributed by atoms with Gasteiger partial charge in [-0.15, -0.1) is 0 Å². The summed E-state index contributed by atoms with van der Waals surface area (Å²) in [5.41, 5.74) is -2.46. The molecule has 0 bridgehead atoms. The Kier molecular flexibility index (Phi) is 8.41. The summed E-state index contributed by atoms with van der Waals surface area (Å²) in [7, 11) is 0. The lowest BCUT2D eigenvalue weighted by Gasteiger charge is -2.59. The summed E-state index contributed by atoms with van der Waals surface area (Å²) < 4.78 is 10.4. The normalized spacial score (nSPS) is 36.6. The number of amides is 1. The molecule has 3 N–H and O–H groups in total. The van der Waals surface area contributed by atoms with Gasteiger partial charge in [-0.25, -0.2) is 4.79 Å². The number of ketones is 2. The van der Waals surface area contributed by atoms with Crippen molar-refractivity contribution in [2.24, 2.45) is 28.6 Å². The summed E-state index contributed by atoms with van der Waals surface area (Å²) in [6, 6.07) is 0. The zero-order valence-corrected chi connectivity index (χ0v) is 24.5. The van der Waals surface area contributed by atoms with Crippen LogP contribution in [0.3, 0.4) is 0 Å². The van der Waals surface area contributed by atoms with Crippen LogP contribution >= 0.6 is 0 Å². The van der Waals surface area contributed by atoms with E-state index in [1.165, 1.54) is 0 Å². The molecule has 4 aliphatic carbocycles. The lowest BCUT2D eigenvalue weighted by Crippen LogP contribution is -2.61. The average molecular weight is 560 g/mol. The summed E-state index contributed by atoms with van der Waals surface area (Å²) >= 11 is 0. The van der Waals surface area contributed by atoms with Crippen molar-refractivity contribution in [3.63, 3.8) is 0 Å². The fourth-order valence-corrected chi connectivity index (χ4v) is 8.03. The number of fused-ring (bicyclic) bond motifs is 5. The molecule has 4 rings (SSSR count). The SMILES string of the molecule is CC(C)(C)OC(=O)NCCCCC(=O)OCC(=O)[C@@]1(O)CC[C@H]2[C@@H]3CCC4=CC(=O)C=C[C@]4(C)[C@H]3[C@@H](O)C[C@@]21C. The number of carbonyl (C=O) groups is 4. The number of ether oxygens (including phenoxy) is 2. The van der Waals surface area contributed by atoms with Gasteiger partial charge in [0.15, 0.2) is 12.4 Å². The van der Waals surface area contributed by atoms with E-state index in [0.717, 1.165) is 18.4 Å². The van der Waals surface area contributed by atoms with Crippen LogP contribution in [-0.4, -0.2) is 64.3 Å². The second-order valence-corrected chi connectivity index (χ2v) is 13.6. The Hall–Kier alpha value is -2.52. The zero-order valence-electron chi connectivity index (χ0n) is 24.5. The number of alkyl carbamates (subject to hydrolysis) is 1. The van der Waals surface area contributed by atoms with E-state index >= 15 is 0 Å². The van der Waals surface area contributed by atoms with Gasteiger partial charge in [0, 0.05) is 29.7 Å². The first-order valence-electron chi connectivity index (χ1n) is 14.6. The van der Waals surface area contributed by atoms with E-state index in [1.807, 2.05) is 13.0 Å². The van der Waals surface area contributed by atoms with Gasteiger partial charge in [-0.3, -0.25) is 14.4 Å². The number of carbonyl (C=O) groups excluding carboxylic acids is 4. The predicted molar refractivity (Wildman–Crippen MR) is 147 cm³/mol. The van der Waals surface area contributed by atoms with Gasteiger partial charge in [0.1, 0.15) is 11.2 Å². The minimum atomic E-state index is -1.68. The number of hydrogen-bond donors (Lipinski definition) is 3. The van der Waals surface area contributed by atoms with E-state index < -0.39 is 52.6 Å². The molecule has 1 amide bonds. The molecule has 0 aliphatic heterocycles. The third kappa shape index (κ3) is 5.64. The monoisotopic (exact) mass is 559 g/mol. The number of hydrogen-bond acceptors (Lipinski definition) is 8. The fourth-order valence-electron chi connectivity index (χ4n) is 8.03. The molecule has 9 nitrogen and oxygen atoms in total. The van der Waals surface area contributed by atoms with E-state index in [0.29, 0.717) is 25.8 Å². The van der Waals surface area contributed by atoms with E-state index in [9.17, 15) is 29.4 Å². The highest BCUT2D eigenvalue weighted by molar-refractivity contribution is 6.01. The molecule has 3 saturated carbocycles. The first-order chi connectivity index (χ1) is 18.6. The van der Waals surface area contributed by atoms with E-state index in [2.05, 4.69) is 12.2 Å². The topological polar surface area (TPSA) is 139 Å². The van der Waals surface area contributed by atoms with Crippen LogP contribution in [-0.2, 0) is 23.9 Å². The summed E-state index contributed by atoms with van der Waals surface area (Å²) in [5, 5.41) is 25.9. The highest BCUT2D eigenvalue weighted by Crippen LogP contribution is 2.67. The van der Waals surface area contributed by atoms with Crippen LogP contribution in [0.4, 0.5) is 4.79 Å². The van der Waals surface area contributed by atoms with Gasteiger partial charge in [-0.2, -0.15) is 0 Å². The van der Waals surface area contributed by atoms with Crippen LogP contribution in [0, 0.1) is 28.6 Å². The molecule has 0 heterocycles. The minimum absolute atomic E-state index is 0.0195. The molecule has 40 heavy (non-hydrogen) atoms. The van der Waals surface area contributed by atoms with Crippen molar-refractivity contribution < 1.29 is 38.9 Å². The number of Topliss-reactive ketones (excluding diaryl/α,β-unsaturated/α-hetero) is 1. The van der Waals surface area contributed by atoms with Crippen molar-refractivity contribution in [3.8, 4) is 0 Å². The first-order valence-corrected chi connectivity index (χ1v) is 14.6. The quantitative estimate of drug-likeness (QED) is 0.301. The average Bonchev–Trinajstić information content (AvgIpc) is 3.12. The molecule has 0 saturated heterocycles. The van der Waals surface area contributed by atoms with Gasteiger partial charge in [-0.1, -0.05) is 25.5 Å². The summed E-state index contributed by atoms with van der Waals surface area (Å²) in [4.78, 5) is 49.4. The molecular weight excluding hydrogens is 514 g/mol. The van der Waals surface area contributed by atoms with Crippen LogP contribution in [0.25, 0.3) is 0 Å². The molecule has 7 atom stereocenters. The number of unbranched alkanes of at least 4 members (excludes halogenated alkanes) is 1. The lowest BCUT2D eigenvalue weighted by molar-refractivity contribution is -0.181. The lowest BCUT2D eigenvalue weighted by atomic mass is 9.46. The van der Waals surface area contributed by atoms with Crippen molar-refractivity contribution in [2.45, 2.75) is 103 Å². The van der Waals surface area contributed by atoms with Crippen molar-refractivity contribution in [1.29, 1.82) is 0 Å². The molecule has 0 radical (unpaired) electrons. The van der Waals surface area contributed by atoms with Crippen LogP contribution in [0.2, 0.25) is 0 Å². The molecule has 4 aliphatic rings. The molecule has 222 valence electrons. The Morgan fingerprint density at radius 2 is 1.88 bits per heavy atom. The van der Waals surface area contributed by atoms with Gasteiger partial charge >= 0.3 is 12.1 Å². The number of aliphatic hydroxyl groups excluding tert-OH is 1. The van der Waals surface area contributed by atoms with Crippen molar-refractivity contribution in [2.75, 3.05) is 13.2 Å². The predicted octanol–water partition coefficient (Wildman–Crippen LogP) is 3.80. The molecule has 0 aromatic carbocycles. The Morgan fingerprint density at radius 1 is 1.15 bits per heavy atom. The largest absolute Gasteiger partial charge is 0.458 e. The minimum Gasteiger partial charge on any atom is -0.458 e. The Labute approximate surface area is 236 Å². The smallest absolute Gasteiger partial charge is 0.407 e. The van der Waals surface area contributed by atoms with Gasteiger partial charge in [0.2, 0.25) is 5.78 Å². The Morgan fingerprint density at radius 3 is 2.58 bits per heavy atom. The maximum absolute atomic E-state index is 13.4. The van der Waals surface area contributed by atoms with Gasteiger partial charge < -0.3 is 25.0 Å². The second kappa shape index (κ2) is 11.0. The highest BCUT2D eigenvalue weighted by atomic mass is 16.6. The number of esters is 1. The fraction of sp³-hybridized carbons (Fsp3) is 0.742. The third-order valence-corrected chi connectivity index (χ3v) is 9.95. The first kappa shape index (κ1) is 30.4. The summed E-state index contributed by atoms with van der Waals surface area (Å²) in [6.07, 6.45) is 7.83. The van der Waals surface area contributed by atoms with Crippen LogP contribution in [0.5, 0.6) is 0 Å². The Bertz CT molecular complexity index is 1110. The standard InChI is InChI=1S/C31H45NO8/c1-28(2,3)40-27(37)32-15-7-6-8-25(36)39-18-24(35)31(38)14-12-22-21-10-9-19-16-20(33)11-13-29(19,4)26(21)23(34)17-30(22,31)5/h11,13,16,21-23,26,34,38H,6-10,12,14-15,17-18H2,1-5H3,(H,32,37)/t21-,22-,23-,26+,29-,30-,31-/m0/s1. The molecule has 0 spiro atoms. The summed E-state index contributed by atoms with van der Waals surface area (Å²) in [6.45, 7) is 9.17. The molecule has 0 aromatic rings. The molecule has 9 heteroatoms. The Balaban J connectivity index is 1.31. The molecule has 0 aromatic heterocycles. The molecular formula is C31H45NO8. The third-order valence-electron chi connectivity index (χ3n) is 9.95. The zero-order chi connectivity index (χ0) is 29.5. The highest BCUT2D eigenvalue weighted by Gasteiger charge is 2.68.